The maximum atomic E-state index is 13.0. The van der Waals surface area contributed by atoms with Gasteiger partial charge in [-0.05, 0) is 49.2 Å². The van der Waals surface area contributed by atoms with Gasteiger partial charge in [0.25, 0.3) is 0 Å². The van der Waals surface area contributed by atoms with Crippen LogP contribution in [0.4, 0.5) is 15.8 Å². The molecule has 2 aromatic rings. The summed E-state index contributed by atoms with van der Waals surface area (Å²) in [5.41, 5.74) is 3.27. The van der Waals surface area contributed by atoms with Gasteiger partial charge in [-0.1, -0.05) is 25.1 Å². The first-order chi connectivity index (χ1) is 12.4. The summed E-state index contributed by atoms with van der Waals surface area (Å²) < 4.78 is 13.0. The fourth-order valence-corrected chi connectivity index (χ4v) is 2.44. The van der Waals surface area contributed by atoms with E-state index in [4.69, 9.17) is 0 Å². The second-order valence-corrected chi connectivity index (χ2v) is 6.13. The second-order valence-electron chi connectivity index (χ2n) is 6.13. The molecule has 0 heterocycles. The van der Waals surface area contributed by atoms with Gasteiger partial charge in [0, 0.05) is 17.8 Å². The third-order valence-electron chi connectivity index (χ3n) is 4.03. The number of hydrogen-bond donors (Lipinski definition) is 3. The van der Waals surface area contributed by atoms with E-state index in [-0.39, 0.29) is 30.2 Å². The fraction of sp³-hybridized carbons (Fsp3) is 0.300. The third kappa shape index (κ3) is 5.58. The zero-order valence-corrected chi connectivity index (χ0v) is 15.2. The average molecular weight is 357 g/mol. The Bertz CT molecular complexity index is 775. The Labute approximate surface area is 153 Å². The second kappa shape index (κ2) is 8.99. The standard InChI is InChI=1S/C20H24FN3O2/c1-4-19(25)24-17-10-5-13(2)18(11-17)22-12-20(26)23-14(3)15-6-8-16(21)9-7-15/h5-11,14,22H,4,12H2,1-3H3,(H,23,26)(H,24,25)/t14-/m0/s1. The molecule has 26 heavy (non-hydrogen) atoms. The van der Waals surface area contributed by atoms with Crippen LogP contribution in [0.3, 0.4) is 0 Å². The molecule has 0 aromatic heterocycles. The minimum absolute atomic E-state index is 0.0642. The Morgan fingerprint density at radius 2 is 1.77 bits per heavy atom. The number of benzene rings is 2. The highest BCUT2D eigenvalue weighted by molar-refractivity contribution is 5.91. The van der Waals surface area contributed by atoms with Crippen molar-refractivity contribution in [3.05, 3.63) is 59.4 Å². The van der Waals surface area contributed by atoms with Crippen molar-refractivity contribution in [2.75, 3.05) is 17.2 Å². The van der Waals surface area contributed by atoms with Gasteiger partial charge < -0.3 is 16.0 Å². The van der Waals surface area contributed by atoms with Gasteiger partial charge in [-0.15, -0.1) is 0 Å². The lowest BCUT2D eigenvalue weighted by molar-refractivity contribution is -0.120. The zero-order chi connectivity index (χ0) is 19.1. The molecule has 0 radical (unpaired) electrons. The molecular weight excluding hydrogens is 333 g/mol. The summed E-state index contributed by atoms with van der Waals surface area (Å²) in [5.74, 6) is -0.547. The van der Waals surface area contributed by atoms with Crippen molar-refractivity contribution >= 4 is 23.2 Å². The van der Waals surface area contributed by atoms with Gasteiger partial charge >= 0.3 is 0 Å². The van der Waals surface area contributed by atoms with E-state index in [2.05, 4.69) is 16.0 Å². The highest BCUT2D eigenvalue weighted by Crippen LogP contribution is 2.20. The van der Waals surface area contributed by atoms with Crippen LogP contribution in [0.5, 0.6) is 0 Å². The summed E-state index contributed by atoms with van der Waals surface area (Å²) in [6.07, 6.45) is 0.403. The van der Waals surface area contributed by atoms with Gasteiger partial charge in [0.15, 0.2) is 0 Å². The first-order valence-corrected chi connectivity index (χ1v) is 8.58. The number of carbonyl (C=O) groups excluding carboxylic acids is 2. The molecule has 0 aliphatic heterocycles. The van der Waals surface area contributed by atoms with E-state index in [1.807, 2.05) is 26.0 Å². The van der Waals surface area contributed by atoms with E-state index in [1.54, 1.807) is 25.1 Å². The van der Waals surface area contributed by atoms with Gasteiger partial charge in [0.05, 0.1) is 12.6 Å². The van der Waals surface area contributed by atoms with Gasteiger partial charge in [-0.3, -0.25) is 9.59 Å². The van der Waals surface area contributed by atoms with Crippen LogP contribution in [0.15, 0.2) is 42.5 Å². The first kappa shape index (κ1) is 19.4. The largest absolute Gasteiger partial charge is 0.376 e. The molecular formula is C20H24FN3O2. The molecule has 3 N–H and O–H groups in total. The minimum Gasteiger partial charge on any atom is -0.376 e. The van der Waals surface area contributed by atoms with Crippen molar-refractivity contribution in [3.8, 4) is 0 Å². The molecule has 0 aliphatic carbocycles. The first-order valence-electron chi connectivity index (χ1n) is 8.58. The number of aryl methyl sites for hydroxylation is 1. The number of anilines is 2. The van der Waals surface area contributed by atoms with Crippen LogP contribution in [0.25, 0.3) is 0 Å². The smallest absolute Gasteiger partial charge is 0.239 e. The molecule has 6 heteroatoms. The SMILES string of the molecule is CCC(=O)Nc1ccc(C)c(NCC(=O)N[C@@H](C)c2ccc(F)cc2)c1. The average Bonchev–Trinajstić information content (AvgIpc) is 2.62. The molecule has 0 fully saturated rings. The van der Waals surface area contributed by atoms with Crippen molar-refractivity contribution in [2.45, 2.75) is 33.2 Å². The van der Waals surface area contributed by atoms with Crippen LogP contribution in [0.2, 0.25) is 0 Å². The molecule has 0 bridgehead atoms. The fourth-order valence-electron chi connectivity index (χ4n) is 2.44. The van der Waals surface area contributed by atoms with E-state index in [0.717, 1.165) is 16.8 Å². The van der Waals surface area contributed by atoms with Gasteiger partial charge in [0.1, 0.15) is 5.82 Å². The van der Waals surface area contributed by atoms with Crippen LogP contribution < -0.4 is 16.0 Å². The van der Waals surface area contributed by atoms with Crippen molar-refractivity contribution in [1.29, 1.82) is 0 Å². The molecule has 1 atom stereocenters. The molecule has 5 nitrogen and oxygen atoms in total. The van der Waals surface area contributed by atoms with Crippen LogP contribution >= 0.6 is 0 Å². The lowest BCUT2D eigenvalue weighted by atomic mass is 10.1. The van der Waals surface area contributed by atoms with Crippen molar-refractivity contribution in [2.24, 2.45) is 0 Å². The predicted octanol–water partition coefficient (Wildman–Crippen LogP) is 3.77. The summed E-state index contributed by atoms with van der Waals surface area (Å²) in [6.45, 7) is 5.65. The van der Waals surface area contributed by atoms with E-state index >= 15 is 0 Å². The topological polar surface area (TPSA) is 70.2 Å². The van der Waals surface area contributed by atoms with Gasteiger partial charge in [-0.25, -0.2) is 4.39 Å². The summed E-state index contributed by atoms with van der Waals surface area (Å²) >= 11 is 0. The molecule has 0 saturated heterocycles. The maximum absolute atomic E-state index is 13.0. The van der Waals surface area contributed by atoms with E-state index in [9.17, 15) is 14.0 Å². The summed E-state index contributed by atoms with van der Waals surface area (Å²) in [7, 11) is 0. The van der Waals surface area contributed by atoms with Crippen molar-refractivity contribution in [3.63, 3.8) is 0 Å². The number of amides is 2. The maximum Gasteiger partial charge on any atom is 0.239 e. The number of hydrogen-bond acceptors (Lipinski definition) is 3. The molecule has 0 saturated carbocycles. The monoisotopic (exact) mass is 357 g/mol. The highest BCUT2D eigenvalue weighted by Gasteiger charge is 2.10. The van der Waals surface area contributed by atoms with Crippen LogP contribution in [-0.2, 0) is 9.59 Å². The Morgan fingerprint density at radius 1 is 1.08 bits per heavy atom. The summed E-state index contributed by atoms with van der Waals surface area (Å²) in [6, 6.07) is 11.3. The molecule has 0 spiro atoms. The number of halogens is 1. The lowest BCUT2D eigenvalue weighted by Gasteiger charge is -2.16. The number of carbonyl (C=O) groups is 2. The third-order valence-corrected chi connectivity index (χ3v) is 4.03. The van der Waals surface area contributed by atoms with Crippen molar-refractivity contribution < 1.29 is 14.0 Å². The summed E-state index contributed by atoms with van der Waals surface area (Å²) in [5, 5.41) is 8.75. The minimum atomic E-state index is -0.306. The number of rotatable bonds is 7. The number of nitrogens with one attached hydrogen (secondary N) is 3. The van der Waals surface area contributed by atoms with Gasteiger partial charge in [-0.2, -0.15) is 0 Å². The quantitative estimate of drug-likeness (QED) is 0.706. The Morgan fingerprint density at radius 3 is 2.42 bits per heavy atom. The molecule has 0 unspecified atom stereocenters. The Hall–Kier alpha value is -2.89. The summed E-state index contributed by atoms with van der Waals surface area (Å²) in [4.78, 5) is 23.7. The Balaban J connectivity index is 1.93. The van der Waals surface area contributed by atoms with Crippen LogP contribution in [0, 0.1) is 12.7 Å². The molecule has 2 aromatic carbocycles. The predicted molar refractivity (Wildman–Crippen MR) is 102 cm³/mol. The molecule has 2 rings (SSSR count). The van der Waals surface area contributed by atoms with Gasteiger partial charge in [0.2, 0.25) is 11.8 Å². The van der Waals surface area contributed by atoms with E-state index in [0.29, 0.717) is 12.1 Å². The lowest BCUT2D eigenvalue weighted by Crippen LogP contribution is -2.32. The van der Waals surface area contributed by atoms with Crippen LogP contribution in [0.1, 0.15) is 37.4 Å². The highest BCUT2D eigenvalue weighted by atomic mass is 19.1. The zero-order valence-electron chi connectivity index (χ0n) is 15.2. The normalized spacial score (nSPS) is 11.5. The van der Waals surface area contributed by atoms with E-state index in [1.165, 1.54) is 12.1 Å². The Kier molecular flexibility index (Phi) is 6.72. The van der Waals surface area contributed by atoms with E-state index < -0.39 is 0 Å². The molecule has 0 aliphatic rings. The molecule has 2 amide bonds. The van der Waals surface area contributed by atoms with Crippen LogP contribution in [-0.4, -0.2) is 18.4 Å². The molecule has 138 valence electrons. The van der Waals surface area contributed by atoms with Crippen molar-refractivity contribution in [1.82, 2.24) is 5.32 Å².